The summed E-state index contributed by atoms with van der Waals surface area (Å²) in [7, 11) is 0. The van der Waals surface area contributed by atoms with Gasteiger partial charge < -0.3 is 0 Å². The molecule has 126 valence electrons. The van der Waals surface area contributed by atoms with Gasteiger partial charge in [-0.15, -0.1) is 0 Å². The lowest BCUT2D eigenvalue weighted by Crippen LogP contribution is -2.26. The van der Waals surface area contributed by atoms with E-state index < -0.39 is 10.8 Å². The molecule has 3 rings (SSSR count). The van der Waals surface area contributed by atoms with E-state index in [4.69, 9.17) is 0 Å². The highest BCUT2D eigenvalue weighted by atomic mass is 16.6. The van der Waals surface area contributed by atoms with Gasteiger partial charge in [0.25, 0.3) is 11.6 Å². The minimum atomic E-state index is -0.565. The van der Waals surface area contributed by atoms with Crippen LogP contribution in [0.5, 0.6) is 0 Å². The van der Waals surface area contributed by atoms with Crippen LogP contribution >= 0.6 is 0 Å². The Balaban J connectivity index is 2.24. The van der Waals surface area contributed by atoms with Crippen LogP contribution in [0, 0.1) is 21.4 Å². The molecule has 3 aromatic rings. The van der Waals surface area contributed by atoms with E-state index in [1.165, 1.54) is 23.1 Å². The van der Waals surface area contributed by atoms with Gasteiger partial charge in [0.1, 0.15) is 5.69 Å². The molecule has 0 unspecified atom stereocenters. The Morgan fingerprint density at radius 3 is 2.15 bits per heavy atom. The molecule has 0 aromatic heterocycles. The van der Waals surface area contributed by atoms with Crippen LogP contribution in [0.4, 0.5) is 17.1 Å². The number of nitrogens with zero attached hydrogens (tertiary/aromatic N) is 3. The van der Waals surface area contributed by atoms with E-state index in [0.29, 0.717) is 11.3 Å². The summed E-state index contributed by atoms with van der Waals surface area (Å²) < 4.78 is 0. The van der Waals surface area contributed by atoms with Gasteiger partial charge in [-0.3, -0.25) is 19.8 Å². The Morgan fingerprint density at radius 1 is 0.962 bits per heavy atom. The molecule has 0 saturated heterocycles. The van der Waals surface area contributed by atoms with Gasteiger partial charge in [-0.2, -0.15) is 5.26 Å². The van der Waals surface area contributed by atoms with Crippen molar-refractivity contribution in [3.63, 3.8) is 0 Å². The molecule has 0 aliphatic carbocycles. The maximum absolute atomic E-state index is 13.1. The van der Waals surface area contributed by atoms with E-state index in [1.807, 2.05) is 6.07 Å². The first-order valence-electron chi connectivity index (χ1n) is 7.75. The lowest BCUT2D eigenvalue weighted by atomic mass is 10.1. The molecule has 0 aliphatic rings. The summed E-state index contributed by atoms with van der Waals surface area (Å²) in [5, 5.41) is 20.7. The predicted octanol–water partition coefficient (Wildman–Crippen LogP) is 4.44. The zero-order valence-electron chi connectivity index (χ0n) is 13.6. The van der Waals surface area contributed by atoms with Crippen molar-refractivity contribution < 1.29 is 9.72 Å². The Bertz CT molecular complexity index is 996. The third kappa shape index (κ3) is 3.28. The monoisotopic (exact) mass is 343 g/mol. The lowest BCUT2D eigenvalue weighted by Gasteiger charge is -2.23. The Kier molecular flexibility index (Phi) is 4.72. The van der Waals surface area contributed by atoms with Crippen LogP contribution in [0.1, 0.15) is 15.9 Å². The van der Waals surface area contributed by atoms with E-state index >= 15 is 0 Å². The fourth-order valence-corrected chi connectivity index (χ4v) is 2.58. The normalized spacial score (nSPS) is 9.96. The summed E-state index contributed by atoms with van der Waals surface area (Å²) >= 11 is 0. The van der Waals surface area contributed by atoms with Gasteiger partial charge in [0, 0.05) is 17.3 Å². The molecule has 0 heterocycles. The first kappa shape index (κ1) is 16.9. The number of carbonyl (C=O) groups is 1. The SMILES string of the molecule is N#Cc1ccc([N+](=O)[O-])c(N(C(=O)c2ccccc2)c2ccccc2)c1. The maximum atomic E-state index is 13.1. The van der Waals surface area contributed by atoms with Gasteiger partial charge >= 0.3 is 0 Å². The van der Waals surface area contributed by atoms with E-state index in [0.717, 1.165) is 0 Å². The van der Waals surface area contributed by atoms with Crippen molar-refractivity contribution in [2.75, 3.05) is 4.90 Å². The van der Waals surface area contributed by atoms with Crippen LogP contribution in [0.25, 0.3) is 0 Å². The molecular weight excluding hydrogens is 330 g/mol. The van der Waals surface area contributed by atoms with Crippen molar-refractivity contribution in [2.24, 2.45) is 0 Å². The van der Waals surface area contributed by atoms with Crippen molar-refractivity contribution in [3.05, 3.63) is 100 Å². The number of rotatable bonds is 4. The third-order valence-corrected chi connectivity index (χ3v) is 3.78. The number of benzene rings is 3. The largest absolute Gasteiger partial charge is 0.293 e. The molecule has 3 aromatic carbocycles. The van der Waals surface area contributed by atoms with Crippen LogP contribution in [-0.4, -0.2) is 10.8 Å². The smallest absolute Gasteiger partial charge is 0.270 e. The number of nitro groups is 1. The topological polar surface area (TPSA) is 87.2 Å². The third-order valence-electron chi connectivity index (χ3n) is 3.78. The van der Waals surface area contributed by atoms with Crippen molar-refractivity contribution in [3.8, 4) is 6.07 Å². The second-order valence-corrected chi connectivity index (χ2v) is 5.41. The van der Waals surface area contributed by atoms with Gasteiger partial charge in [-0.25, -0.2) is 0 Å². The fraction of sp³-hybridized carbons (Fsp3) is 0. The molecule has 0 bridgehead atoms. The summed E-state index contributed by atoms with van der Waals surface area (Å²) in [5.74, 6) is -0.421. The Labute approximate surface area is 149 Å². The van der Waals surface area contributed by atoms with E-state index in [1.54, 1.807) is 60.7 Å². The van der Waals surface area contributed by atoms with Crippen molar-refractivity contribution in [1.82, 2.24) is 0 Å². The zero-order valence-corrected chi connectivity index (χ0v) is 13.6. The molecule has 0 spiro atoms. The van der Waals surface area contributed by atoms with Gasteiger partial charge in [-0.05, 0) is 36.4 Å². The average molecular weight is 343 g/mol. The van der Waals surface area contributed by atoms with E-state index in [9.17, 15) is 20.2 Å². The van der Waals surface area contributed by atoms with Crippen molar-refractivity contribution in [1.29, 1.82) is 5.26 Å². The molecule has 26 heavy (non-hydrogen) atoms. The second kappa shape index (κ2) is 7.28. The average Bonchev–Trinajstić information content (AvgIpc) is 2.69. The first-order valence-corrected chi connectivity index (χ1v) is 7.75. The van der Waals surface area contributed by atoms with E-state index in [-0.39, 0.29) is 16.9 Å². The summed E-state index contributed by atoms with van der Waals surface area (Å²) in [5.41, 5.74) is 0.881. The van der Waals surface area contributed by atoms with Crippen LogP contribution in [0.3, 0.4) is 0 Å². The van der Waals surface area contributed by atoms with Gasteiger partial charge in [0.15, 0.2) is 0 Å². The highest BCUT2D eigenvalue weighted by Gasteiger charge is 2.27. The highest BCUT2D eigenvalue weighted by Crippen LogP contribution is 2.35. The number of nitriles is 1. The van der Waals surface area contributed by atoms with Crippen LogP contribution in [0.15, 0.2) is 78.9 Å². The maximum Gasteiger partial charge on any atom is 0.293 e. The molecule has 0 N–H and O–H groups in total. The minimum absolute atomic E-state index is 0.0501. The van der Waals surface area contributed by atoms with Gasteiger partial charge in [0.05, 0.1) is 16.6 Å². The number of carbonyl (C=O) groups excluding carboxylic acids is 1. The molecule has 0 saturated carbocycles. The molecule has 6 nitrogen and oxygen atoms in total. The Morgan fingerprint density at radius 2 is 1.58 bits per heavy atom. The Hall–Kier alpha value is -3.98. The second-order valence-electron chi connectivity index (χ2n) is 5.41. The number of hydrogen-bond donors (Lipinski definition) is 0. The molecule has 0 atom stereocenters. The zero-order chi connectivity index (χ0) is 18.5. The number of para-hydroxylation sites is 1. The molecule has 0 radical (unpaired) electrons. The lowest BCUT2D eigenvalue weighted by molar-refractivity contribution is -0.384. The van der Waals surface area contributed by atoms with Crippen LogP contribution in [-0.2, 0) is 0 Å². The number of nitro benzene ring substituents is 1. The predicted molar refractivity (Wildman–Crippen MR) is 97.2 cm³/mol. The number of amides is 1. The van der Waals surface area contributed by atoms with Crippen LogP contribution in [0.2, 0.25) is 0 Å². The molecule has 6 heteroatoms. The fourth-order valence-electron chi connectivity index (χ4n) is 2.58. The molecule has 1 amide bonds. The first-order chi connectivity index (χ1) is 12.6. The van der Waals surface area contributed by atoms with Crippen LogP contribution < -0.4 is 4.90 Å². The number of anilines is 2. The summed E-state index contributed by atoms with van der Waals surface area (Å²) in [6, 6.07) is 23.0. The molecule has 0 fully saturated rings. The summed E-state index contributed by atoms with van der Waals surface area (Å²) in [6.45, 7) is 0. The molecular formula is C20H13N3O3. The van der Waals surface area contributed by atoms with Crippen molar-refractivity contribution in [2.45, 2.75) is 0 Å². The minimum Gasteiger partial charge on any atom is -0.270 e. The highest BCUT2D eigenvalue weighted by molar-refractivity contribution is 6.12. The van der Waals surface area contributed by atoms with Gasteiger partial charge in [-0.1, -0.05) is 36.4 Å². The summed E-state index contributed by atoms with van der Waals surface area (Å²) in [6.07, 6.45) is 0. The quantitative estimate of drug-likeness (QED) is 0.517. The van der Waals surface area contributed by atoms with Gasteiger partial charge in [0.2, 0.25) is 0 Å². The summed E-state index contributed by atoms with van der Waals surface area (Å²) in [4.78, 5) is 25.3. The molecule has 0 aliphatic heterocycles. The van der Waals surface area contributed by atoms with Crippen molar-refractivity contribution >= 4 is 23.0 Å². The standard InChI is InChI=1S/C20H13N3O3/c21-14-15-11-12-18(23(25)26)19(13-15)22(17-9-5-2-6-10-17)20(24)16-7-3-1-4-8-16/h1-13H. The number of hydrogen-bond acceptors (Lipinski definition) is 4. The van der Waals surface area contributed by atoms with E-state index in [2.05, 4.69) is 0 Å².